The summed E-state index contributed by atoms with van der Waals surface area (Å²) in [7, 11) is 1.92. The molecule has 0 aliphatic carbocycles. The van der Waals surface area contributed by atoms with Gasteiger partial charge in [-0.15, -0.1) is 0 Å². The van der Waals surface area contributed by atoms with E-state index in [0.717, 1.165) is 13.0 Å². The molecule has 0 amide bonds. The molecule has 0 saturated carbocycles. The molecule has 2 nitrogen and oxygen atoms in total. The van der Waals surface area contributed by atoms with Crippen LogP contribution in [0, 0.1) is 0 Å². The Bertz CT molecular complexity index is 112. The number of rotatable bonds is 4. The SMILES string of the molecule is CN[C@@H](Br)/C(C)=C\CCN. The molecule has 0 rings (SSSR count). The molecule has 3 N–H and O–H groups in total. The molecule has 0 bridgehead atoms. The van der Waals surface area contributed by atoms with Gasteiger partial charge in [-0.1, -0.05) is 22.0 Å². The van der Waals surface area contributed by atoms with Crippen LogP contribution in [-0.2, 0) is 0 Å². The lowest BCUT2D eigenvalue weighted by Crippen LogP contribution is -2.18. The second-order valence-corrected chi connectivity index (χ2v) is 3.09. The van der Waals surface area contributed by atoms with Gasteiger partial charge >= 0.3 is 0 Å². The third kappa shape index (κ3) is 4.04. The zero-order valence-corrected chi connectivity index (χ0v) is 8.11. The number of nitrogens with two attached hydrogens (primary N) is 1. The van der Waals surface area contributed by atoms with Crippen molar-refractivity contribution in [1.82, 2.24) is 5.32 Å². The Morgan fingerprint density at radius 3 is 2.80 bits per heavy atom. The maximum Gasteiger partial charge on any atom is 0.0841 e. The van der Waals surface area contributed by atoms with E-state index in [0.29, 0.717) is 4.95 Å². The van der Waals surface area contributed by atoms with Crippen molar-refractivity contribution in [2.24, 2.45) is 5.73 Å². The zero-order valence-electron chi connectivity index (χ0n) is 6.52. The summed E-state index contributed by atoms with van der Waals surface area (Å²) in [6.07, 6.45) is 3.09. The summed E-state index contributed by atoms with van der Waals surface area (Å²) < 4.78 is 0. The minimum atomic E-state index is 0.291. The zero-order chi connectivity index (χ0) is 7.98. The van der Waals surface area contributed by atoms with E-state index < -0.39 is 0 Å². The molecule has 60 valence electrons. The average molecular weight is 207 g/mol. The molecule has 1 atom stereocenters. The van der Waals surface area contributed by atoms with Crippen LogP contribution in [0.5, 0.6) is 0 Å². The second-order valence-electron chi connectivity index (χ2n) is 2.18. The predicted molar refractivity (Wildman–Crippen MR) is 49.2 cm³/mol. The molecule has 0 saturated heterocycles. The molecule has 0 radical (unpaired) electrons. The molecule has 0 aromatic rings. The third-order valence-corrected chi connectivity index (χ3v) is 2.47. The first-order chi connectivity index (χ1) is 4.72. The van der Waals surface area contributed by atoms with Crippen molar-refractivity contribution in [2.45, 2.75) is 18.3 Å². The fourth-order valence-corrected chi connectivity index (χ4v) is 0.829. The van der Waals surface area contributed by atoms with Gasteiger partial charge in [0.05, 0.1) is 4.95 Å². The third-order valence-electron chi connectivity index (χ3n) is 1.29. The number of nitrogens with one attached hydrogen (secondary N) is 1. The Hall–Kier alpha value is 0.140. The van der Waals surface area contributed by atoms with E-state index in [1.54, 1.807) is 0 Å². The summed E-state index contributed by atoms with van der Waals surface area (Å²) >= 11 is 3.45. The van der Waals surface area contributed by atoms with Crippen LogP contribution in [0.15, 0.2) is 11.6 Å². The number of halogens is 1. The molecule has 0 unspecified atom stereocenters. The fraction of sp³-hybridized carbons (Fsp3) is 0.714. The first-order valence-electron chi connectivity index (χ1n) is 3.40. The standard InChI is InChI=1S/C7H15BrN2/c1-6(4-3-5-9)7(8)10-2/h4,7,10H,3,5,9H2,1-2H3/b6-4-/t7-/m1/s1. The summed E-state index contributed by atoms with van der Waals surface area (Å²) in [6.45, 7) is 2.80. The maximum atomic E-state index is 5.34. The summed E-state index contributed by atoms with van der Waals surface area (Å²) in [5, 5.41) is 3.08. The topological polar surface area (TPSA) is 38.0 Å². The number of hydrogen-bond donors (Lipinski definition) is 2. The Labute approximate surface area is 71.0 Å². The highest BCUT2D eigenvalue weighted by atomic mass is 79.9. The van der Waals surface area contributed by atoms with E-state index >= 15 is 0 Å². The molecule has 0 spiro atoms. The fourth-order valence-electron chi connectivity index (χ4n) is 0.642. The smallest absolute Gasteiger partial charge is 0.0841 e. The molecule has 0 fully saturated rings. The minimum absolute atomic E-state index is 0.291. The van der Waals surface area contributed by atoms with Gasteiger partial charge < -0.3 is 11.1 Å². The van der Waals surface area contributed by atoms with Crippen LogP contribution in [0.3, 0.4) is 0 Å². The van der Waals surface area contributed by atoms with Gasteiger partial charge in [-0.25, -0.2) is 0 Å². The summed E-state index contributed by atoms with van der Waals surface area (Å²) in [5.41, 5.74) is 6.62. The van der Waals surface area contributed by atoms with Crippen LogP contribution in [0.2, 0.25) is 0 Å². The van der Waals surface area contributed by atoms with Crippen molar-refractivity contribution in [3.8, 4) is 0 Å². The Kier molecular flexibility index (Phi) is 5.97. The largest absolute Gasteiger partial charge is 0.330 e. The van der Waals surface area contributed by atoms with Gasteiger partial charge in [0.1, 0.15) is 0 Å². The lowest BCUT2D eigenvalue weighted by Gasteiger charge is -2.07. The number of hydrogen-bond acceptors (Lipinski definition) is 2. The predicted octanol–water partition coefficient (Wildman–Crippen LogP) is 1.22. The summed E-state index contributed by atoms with van der Waals surface area (Å²) in [4.78, 5) is 0.291. The lowest BCUT2D eigenvalue weighted by atomic mass is 10.2. The van der Waals surface area contributed by atoms with Crippen LogP contribution in [-0.4, -0.2) is 18.5 Å². The van der Waals surface area contributed by atoms with Gasteiger partial charge in [-0.05, 0) is 32.5 Å². The van der Waals surface area contributed by atoms with E-state index in [4.69, 9.17) is 5.73 Å². The quantitative estimate of drug-likeness (QED) is 0.413. The van der Waals surface area contributed by atoms with E-state index in [2.05, 4.69) is 34.2 Å². The number of alkyl halides is 1. The molecule has 0 aliphatic heterocycles. The van der Waals surface area contributed by atoms with Crippen molar-refractivity contribution < 1.29 is 0 Å². The Morgan fingerprint density at radius 1 is 1.80 bits per heavy atom. The minimum Gasteiger partial charge on any atom is -0.330 e. The maximum absolute atomic E-state index is 5.34. The van der Waals surface area contributed by atoms with Crippen LogP contribution in [0.1, 0.15) is 13.3 Å². The van der Waals surface area contributed by atoms with Crippen molar-refractivity contribution >= 4 is 15.9 Å². The molecular weight excluding hydrogens is 192 g/mol. The second kappa shape index (κ2) is 5.89. The number of likely N-dealkylation sites (N-methyl/N-ethyl adjacent to an activating group) is 1. The van der Waals surface area contributed by atoms with Crippen LogP contribution in [0.4, 0.5) is 0 Å². The van der Waals surface area contributed by atoms with E-state index in [1.807, 2.05) is 7.05 Å². The Morgan fingerprint density at radius 2 is 2.40 bits per heavy atom. The van der Waals surface area contributed by atoms with E-state index in [-0.39, 0.29) is 0 Å². The molecule has 0 aliphatic rings. The summed E-state index contributed by atoms with van der Waals surface area (Å²) in [5.74, 6) is 0. The molecule has 10 heavy (non-hydrogen) atoms. The first kappa shape index (κ1) is 10.1. The Balaban J connectivity index is 3.67. The molecule has 0 aromatic heterocycles. The van der Waals surface area contributed by atoms with Gasteiger partial charge in [0.15, 0.2) is 0 Å². The highest BCUT2D eigenvalue weighted by molar-refractivity contribution is 9.09. The van der Waals surface area contributed by atoms with Gasteiger partial charge in [-0.2, -0.15) is 0 Å². The van der Waals surface area contributed by atoms with Crippen LogP contribution < -0.4 is 11.1 Å². The van der Waals surface area contributed by atoms with Crippen molar-refractivity contribution in [1.29, 1.82) is 0 Å². The first-order valence-corrected chi connectivity index (χ1v) is 4.32. The average Bonchev–Trinajstić information content (AvgIpc) is 1.98. The van der Waals surface area contributed by atoms with Gasteiger partial charge in [0, 0.05) is 0 Å². The van der Waals surface area contributed by atoms with Crippen molar-refractivity contribution in [3.63, 3.8) is 0 Å². The van der Waals surface area contributed by atoms with E-state index in [1.165, 1.54) is 5.57 Å². The highest BCUT2D eigenvalue weighted by Gasteiger charge is 1.99. The summed E-state index contributed by atoms with van der Waals surface area (Å²) in [6, 6.07) is 0. The normalized spacial score (nSPS) is 15.4. The van der Waals surface area contributed by atoms with Gasteiger partial charge in [-0.3, -0.25) is 0 Å². The van der Waals surface area contributed by atoms with Gasteiger partial charge in [0.2, 0.25) is 0 Å². The monoisotopic (exact) mass is 206 g/mol. The molecule has 0 heterocycles. The van der Waals surface area contributed by atoms with E-state index in [9.17, 15) is 0 Å². The molecule has 3 heteroatoms. The van der Waals surface area contributed by atoms with Crippen molar-refractivity contribution in [3.05, 3.63) is 11.6 Å². The lowest BCUT2D eigenvalue weighted by molar-refractivity contribution is 0.829. The molecule has 0 aromatic carbocycles. The van der Waals surface area contributed by atoms with Crippen molar-refractivity contribution in [2.75, 3.05) is 13.6 Å². The van der Waals surface area contributed by atoms with Crippen LogP contribution in [0.25, 0.3) is 0 Å². The van der Waals surface area contributed by atoms with Crippen LogP contribution >= 0.6 is 15.9 Å². The van der Waals surface area contributed by atoms with Gasteiger partial charge in [0.25, 0.3) is 0 Å². The highest BCUT2D eigenvalue weighted by Crippen LogP contribution is 2.07. The molecular formula is C7H15BrN2.